The monoisotopic (exact) mass is 396 g/mol. The van der Waals surface area contributed by atoms with Crippen LogP contribution >= 0.6 is 23.4 Å². The number of carbonyl (C=O) groups is 1. The van der Waals surface area contributed by atoms with Crippen LogP contribution in [0.5, 0.6) is 0 Å². The van der Waals surface area contributed by atoms with Gasteiger partial charge in [-0.05, 0) is 42.8 Å². The molecule has 132 valence electrons. The molecule has 0 unspecified atom stereocenters. The lowest BCUT2D eigenvalue weighted by Gasteiger charge is -2.13. The molecule has 1 aliphatic heterocycles. The molecule has 1 heterocycles. The maximum atomic E-state index is 12.7. The van der Waals surface area contributed by atoms with Crippen LogP contribution in [0.15, 0.2) is 46.2 Å². The van der Waals surface area contributed by atoms with Crippen molar-refractivity contribution in [2.45, 2.75) is 23.6 Å². The molecule has 2 aromatic rings. The molecule has 0 saturated carbocycles. The number of rotatable bonds is 3. The first kappa shape index (κ1) is 18.1. The van der Waals surface area contributed by atoms with Crippen LogP contribution in [0, 0.1) is 12.8 Å². The second-order valence-corrected chi connectivity index (χ2v) is 9.03. The Morgan fingerprint density at radius 2 is 2.04 bits per heavy atom. The van der Waals surface area contributed by atoms with Crippen molar-refractivity contribution in [2.75, 3.05) is 15.8 Å². The minimum atomic E-state index is -3.80. The number of anilines is 2. The molecule has 1 atom stereocenters. The number of amides is 1. The summed E-state index contributed by atoms with van der Waals surface area (Å²) in [6.07, 6.45) is 0. The Hall–Kier alpha value is -1.70. The Balaban J connectivity index is 1.95. The van der Waals surface area contributed by atoms with Crippen molar-refractivity contribution < 1.29 is 13.2 Å². The van der Waals surface area contributed by atoms with Crippen molar-refractivity contribution in [1.29, 1.82) is 0 Å². The van der Waals surface area contributed by atoms with Crippen molar-refractivity contribution in [3.8, 4) is 0 Å². The van der Waals surface area contributed by atoms with E-state index in [1.165, 1.54) is 23.9 Å². The molecular formula is C17H17ClN2O3S2. The lowest BCUT2D eigenvalue weighted by atomic mass is 10.2. The summed E-state index contributed by atoms with van der Waals surface area (Å²) in [7, 11) is -3.80. The van der Waals surface area contributed by atoms with E-state index in [-0.39, 0.29) is 16.7 Å². The molecule has 0 radical (unpaired) electrons. The lowest BCUT2D eigenvalue weighted by molar-refractivity contribution is -0.118. The van der Waals surface area contributed by atoms with Gasteiger partial charge in [0.05, 0.1) is 16.3 Å². The van der Waals surface area contributed by atoms with E-state index in [1.54, 1.807) is 31.2 Å². The summed E-state index contributed by atoms with van der Waals surface area (Å²) in [6, 6.07) is 9.78. The number of halogens is 1. The van der Waals surface area contributed by atoms with E-state index in [1.807, 2.05) is 6.92 Å². The standard InChI is InChI=1S/C17H17ClN2O3S2/c1-10-9-24-16-7-6-12(8-15(16)19-17(10)21)25(22,23)20-14-5-3-4-13(18)11(14)2/h3-8,10,20H,9H2,1-2H3,(H,19,21)/t10-/m1/s1. The zero-order valence-corrected chi connectivity index (χ0v) is 16.1. The van der Waals surface area contributed by atoms with Gasteiger partial charge in [-0.25, -0.2) is 8.42 Å². The van der Waals surface area contributed by atoms with Crippen LogP contribution in [0.4, 0.5) is 11.4 Å². The number of benzene rings is 2. The zero-order chi connectivity index (χ0) is 18.2. The highest BCUT2D eigenvalue weighted by molar-refractivity contribution is 7.99. The fourth-order valence-corrected chi connectivity index (χ4v) is 4.70. The van der Waals surface area contributed by atoms with Crippen molar-refractivity contribution in [3.63, 3.8) is 0 Å². The van der Waals surface area contributed by atoms with E-state index in [2.05, 4.69) is 10.0 Å². The summed E-state index contributed by atoms with van der Waals surface area (Å²) in [5.41, 5.74) is 1.60. The van der Waals surface area contributed by atoms with Crippen LogP contribution in [0.2, 0.25) is 5.02 Å². The molecule has 0 aliphatic carbocycles. The molecule has 1 aliphatic rings. The summed E-state index contributed by atoms with van der Waals surface area (Å²) >= 11 is 7.58. The third kappa shape index (κ3) is 3.78. The topological polar surface area (TPSA) is 75.3 Å². The predicted octanol–water partition coefficient (Wildman–Crippen LogP) is 4.13. The summed E-state index contributed by atoms with van der Waals surface area (Å²) < 4.78 is 28.0. The van der Waals surface area contributed by atoms with E-state index in [0.29, 0.717) is 27.7 Å². The smallest absolute Gasteiger partial charge is 0.261 e. The minimum Gasteiger partial charge on any atom is -0.325 e. The quantitative estimate of drug-likeness (QED) is 0.817. The highest BCUT2D eigenvalue weighted by Crippen LogP contribution is 2.34. The Labute approximate surface area is 156 Å². The first-order valence-electron chi connectivity index (χ1n) is 7.63. The normalized spacial score (nSPS) is 17.4. The average Bonchev–Trinajstić information content (AvgIpc) is 2.70. The molecular weight excluding hydrogens is 380 g/mol. The number of nitrogens with one attached hydrogen (secondary N) is 2. The van der Waals surface area contributed by atoms with Crippen molar-refractivity contribution in [3.05, 3.63) is 47.0 Å². The van der Waals surface area contributed by atoms with Crippen LogP contribution in [0.1, 0.15) is 12.5 Å². The van der Waals surface area contributed by atoms with Gasteiger partial charge in [0.15, 0.2) is 0 Å². The molecule has 0 aromatic heterocycles. The Kier molecular flexibility index (Phi) is 4.99. The van der Waals surface area contributed by atoms with E-state index in [4.69, 9.17) is 11.6 Å². The largest absolute Gasteiger partial charge is 0.325 e. The number of hydrogen-bond acceptors (Lipinski definition) is 4. The Morgan fingerprint density at radius 3 is 2.80 bits per heavy atom. The number of carbonyl (C=O) groups excluding carboxylic acids is 1. The first-order valence-corrected chi connectivity index (χ1v) is 10.5. The molecule has 3 rings (SSSR count). The summed E-state index contributed by atoms with van der Waals surface area (Å²) in [4.78, 5) is 12.9. The van der Waals surface area contributed by atoms with Gasteiger partial charge in [0.2, 0.25) is 5.91 Å². The Morgan fingerprint density at radius 1 is 1.28 bits per heavy atom. The second-order valence-electron chi connectivity index (χ2n) is 5.88. The fraction of sp³-hybridized carbons (Fsp3) is 0.235. The van der Waals surface area contributed by atoms with Crippen LogP contribution in [-0.4, -0.2) is 20.1 Å². The first-order chi connectivity index (χ1) is 11.8. The number of fused-ring (bicyclic) bond motifs is 1. The zero-order valence-electron chi connectivity index (χ0n) is 13.7. The van der Waals surface area contributed by atoms with Crippen LogP contribution in [0.3, 0.4) is 0 Å². The maximum absolute atomic E-state index is 12.7. The van der Waals surface area contributed by atoms with Gasteiger partial charge in [0.25, 0.3) is 10.0 Å². The SMILES string of the molecule is Cc1c(Cl)cccc1NS(=O)(=O)c1ccc2c(c1)NC(=O)[C@H](C)CS2. The lowest BCUT2D eigenvalue weighted by Crippen LogP contribution is -2.20. The number of sulfonamides is 1. The van der Waals surface area contributed by atoms with Crippen molar-refractivity contribution in [2.24, 2.45) is 5.92 Å². The third-order valence-corrected chi connectivity index (χ3v) is 7.07. The van der Waals surface area contributed by atoms with Gasteiger partial charge in [-0.2, -0.15) is 0 Å². The van der Waals surface area contributed by atoms with E-state index in [9.17, 15) is 13.2 Å². The molecule has 25 heavy (non-hydrogen) atoms. The molecule has 0 fully saturated rings. The van der Waals surface area contributed by atoms with Crippen LogP contribution in [-0.2, 0) is 14.8 Å². The van der Waals surface area contributed by atoms with Gasteiger partial charge in [-0.15, -0.1) is 11.8 Å². The average molecular weight is 397 g/mol. The van der Waals surface area contributed by atoms with Crippen LogP contribution < -0.4 is 10.0 Å². The summed E-state index contributed by atoms with van der Waals surface area (Å²) in [6.45, 7) is 3.59. The highest BCUT2D eigenvalue weighted by Gasteiger charge is 2.23. The molecule has 0 bridgehead atoms. The molecule has 8 heteroatoms. The number of thioether (sulfide) groups is 1. The molecule has 2 N–H and O–H groups in total. The predicted molar refractivity (Wildman–Crippen MR) is 102 cm³/mol. The molecule has 0 saturated heterocycles. The van der Waals surface area contributed by atoms with Gasteiger partial charge in [-0.3, -0.25) is 9.52 Å². The highest BCUT2D eigenvalue weighted by atomic mass is 35.5. The second kappa shape index (κ2) is 6.90. The van der Waals surface area contributed by atoms with Crippen LogP contribution in [0.25, 0.3) is 0 Å². The fourth-order valence-electron chi connectivity index (χ4n) is 2.37. The van der Waals surface area contributed by atoms with E-state index >= 15 is 0 Å². The van der Waals surface area contributed by atoms with E-state index in [0.717, 1.165) is 4.90 Å². The summed E-state index contributed by atoms with van der Waals surface area (Å²) in [5, 5.41) is 3.28. The molecule has 1 amide bonds. The molecule has 0 spiro atoms. The van der Waals surface area contributed by atoms with E-state index < -0.39 is 10.0 Å². The minimum absolute atomic E-state index is 0.0843. The van der Waals surface area contributed by atoms with Gasteiger partial charge in [0.1, 0.15) is 0 Å². The molecule has 2 aromatic carbocycles. The van der Waals surface area contributed by atoms with Crippen molar-refractivity contribution >= 4 is 50.7 Å². The summed E-state index contributed by atoms with van der Waals surface area (Å²) in [5.74, 6) is 0.411. The third-order valence-electron chi connectivity index (χ3n) is 3.97. The van der Waals surface area contributed by atoms with Gasteiger partial charge < -0.3 is 5.32 Å². The van der Waals surface area contributed by atoms with Gasteiger partial charge in [-0.1, -0.05) is 24.6 Å². The van der Waals surface area contributed by atoms with Gasteiger partial charge in [0, 0.05) is 21.6 Å². The maximum Gasteiger partial charge on any atom is 0.261 e. The molecule has 5 nitrogen and oxygen atoms in total. The number of hydrogen-bond donors (Lipinski definition) is 2. The Bertz CT molecular complexity index is 945. The van der Waals surface area contributed by atoms with Crippen molar-refractivity contribution in [1.82, 2.24) is 0 Å². The van der Waals surface area contributed by atoms with Gasteiger partial charge >= 0.3 is 0 Å².